The van der Waals surface area contributed by atoms with E-state index in [2.05, 4.69) is 15.9 Å². The monoisotopic (exact) mass is 397 g/mol. The molecule has 3 rings (SSSR count). The Hall–Kier alpha value is -1.73. The van der Waals surface area contributed by atoms with Crippen molar-refractivity contribution in [2.75, 3.05) is 24.1 Å². The van der Waals surface area contributed by atoms with E-state index in [-0.39, 0.29) is 4.90 Å². The summed E-state index contributed by atoms with van der Waals surface area (Å²) in [7, 11) is -3.68. The average molecular weight is 398 g/mol. The maximum absolute atomic E-state index is 13.0. The first-order chi connectivity index (χ1) is 11.0. The van der Waals surface area contributed by atoms with Crippen LogP contribution in [0.25, 0.3) is 0 Å². The number of fused-ring (bicyclic) bond motifs is 1. The van der Waals surface area contributed by atoms with Crippen molar-refractivity contribution in [1.82, 2.24) is 0 Å². The summed E-state index contributed by atoms with van der Waals surface area (Å²) < 4.78 is 39.1. The zero-order valence-corrected chi connectivity index (χ0v) is 14.9. The summed E-state index contributed by atoms with van der Waals surface area (Å²) in [5.74, 6) is 1.03. The minimum Gasteiger partial charge on any atom is -0.486 e. The van der Waals surface area contributed by atoms with Crippen LogP contribution in [0, 0.1) is 0 Å². The highest BCUT2D eigenvalue weighted by Crippen LogP contribution is 2.34. The molecule has 0 fully saturated rings. The Balaban J connectivity index is 2.02. The maximum atomic E-state index is 13.0. The van der Waals surface area contributed by atoms with Crippen LogP contribution in [-0.4, -0.2) is 28.2 Å². The number of ether oxygens (including phenoxy) is 2. The van der Waals surface area contributed by atoms with Crippen molar-refractivity contribution in [3.8, 4) is 11.5 Å². The van der Waals surface area contributed by atoms with Crippen LogP contribution in [0.4, 0.5) is 5.69 Å². The molecule has 23 heavy (non-hydrogen) atoms. The molecule has 5 nitrogen and oxygen atoms in total. The second-order valence-corrected chi connectivity index (χ2v) is 7.73. The summed E-state index contributed by atoms with van der Waals surface area (Å²) in [6.07, 6.45) is 0. The van der Waals surface area contributed by atoms with Crippen molar-refractivity contribution in [3.63, 3.8) is 0 Å². The molecule has 0 aliphatic carbocycles. The van der Waals surface area contributed by atoms with Gasteiger partial charge < -0.3 is 9.47 Å². The lowest BCUT2D eigenvalue weighted by atomic mass is 10.3. The summed E-state index contributed by atoms with van der Waals surface area (Å²) in [4.78, 5) is 0.184. The fourth-order valence-corrected chi connectivity index (χ4v) is 4.30. The summed E-state index contributed by atoms with van der Waals surface area (Å²) in [6, 6.07) is 11.9. The molecular formula is C16H16BrNO4S. The minimum atomic E-state index is -3.68. The third-order valence-corrected chi connectivity index (χ3v) is 5.88. The van der Waals surface area contributed by atoms with E-state index in [0.717, 1.165) is 4.47 Å². The third-order valence-electron chi connectivity index (χ3n) is 3.49. The minimum absolute atomic E-state index is 0.184. The Morgan fingerprint density at radius 1 is 1.09 bits per heavy atom. The molecule has 0 aromatic heterocycles. The third kappa shape index (κ3) is 3.16. The second-order valence-electron chi connectivity index (χ2n) is 4.96. The van der Waals surface area contributed by atoms with Crippen LogP contribution in [-0.2, 0) is 10.0 Å². The van der Waals surface area contributed by atoms with Gasteiger partial charge in [-0.1, -0.05) is 22.0 Å². The Labute approximate surface area is 144 Å². The van der Waals surface area contributed by atoms with Crippen molar-refractivity contribution in [2.24, 2.45) is 0 Å². The van der Waals surface area contributed by atoms with E-state index in [1.807, 2.05) is 6.07 Å². The highest BCUT2D eigenvalue weighted by molar-refractivity contribution is 9.10. The number of sulfonamides is 1. The molecule has 0 saturated carbocycles. The van der Waals surface area contributed by atoms with Gasteiger partial charge in [0.2, 0.25) is 0 Å². The lowest BCUT2D eigenvalue weighted by Gasteiger charge is -2.24. The van der Waals surface area contributed by atoms with E-state index in [4.69, 9.17) is 9.47 Å². The van der Waals surface area contributed by atoms with E-state index < -0.39 is 10.0 Å². The summed E-state index contributed by atoms with van der Waals surface area (Å²) in [5.41, 5.74) is 0.608. The van der Waals surface area contributed by atoms with Gasteiger partial charge in [-0.05, 0) is 37.3 Å². The Morgan fingerprint density at radius 2 is 1.83 bits per heavy atom. The van der Waals surface area contributed by atoms with Crippen LogP contribution >= 0.6 is 15.9 Å². The largest absolute Gasteiger partial charge is 0.486 e. The van der Waals surface area contributed by atoms with Crippen LogP contribution in [0.15, 0.2) is 51.8 Å². The standard InChI is InChI=1S/C16H16BrNO4S/c1-2-18(13-5-3-4-12(17)10-13)23(19,20)14-6-7-15-16(11-14)22-9-8-21-15/h3-7,10-11H,2,8-9H2,1H3. The normalized spacial score (nSPS) is 13.7. The molecule has 0 atom stereocenters. The smallest absolute Gasteiger partial charge is 0.264 e. The fraction of sp³-hybridized carbons (Fsp3) is 0.250. The highest BCUT2D eigenvalue weighted by atomic mass is 79.9. The van der Waals surface area contributed by atoms with Gasteiger partial charge in [-0.2, -0.15) is 0 Å². The highest BCUT2D eigenvalue weighted by Gasteiger charge is 2.26. The molecule has 122 valence electrons. The Morgan fingerprint density at radius 3 is 2.52 bits per heavy atom. The molecule has 0 amide bonds. The van der Waals surface area contributed by atoms with E-state index in [0.29, 0.717) is 36.9 Å². The van der Waals surface area contributed by atoms with Gasteiger partial charge >= 0.3 is 0 Å². The first kappa shape index (κ1) is 16.1. The van der Waals surface area contributed by atoms with Gasteiger partial charge in [-0.3, -0.25) is 4.31 Å². The summed E-state index contributed by atoms with van der Waals surface area (Å²) in [5, 5.41) is 0. The van der Waals surface area contributed by atoms with E-state index in [9.17, 15) is 8.42 Å². The topological polar surface area (TPSA) is 55.8 Å². The predicted octanol–water partition coefficient (Wildman–Crippen LogP) is 3.44. The molecule has 0 spiro atoms. The summed E-state index contributed by atoms with van der Waals surface area (Å²) >= 11 is 3.37. The number of rotatable bonds is 4. The van der Waals surface area contributed by atoms with Crippen molar-refractivity contribution in [2.45, 2.75) is 11.8 Å². The number of hydrogen-bond acceptors (Lipinski definition) is 4. The molecule has 7 heteroatoms. The molecule has 0 N–H and O–H groups in total. The van der Waals surface area contributed by atoms with Crippen LogP contribution in [0.1, 0.15) is 6.92 Å². The molecule has 1 aliphatic heterocycles. The van der Waals surface area contributed by atoms with Crippen LogP contribution < -0.4 is 13.8 Å². The maximum Gasteiger partial charge on any atom is 0.264 e. The Kier molecular flexibility index (Phi) is 4.50. The van der Waals surface area contributed by atoms with Crippen LogP contribution in [0.3, 0.4) is 0 Å². The number of anilines is 1. The molecule has 1 heterocycles. The van der Waals surface area contributed by atoms with Gasteiger partial charge in [0.25, 0.3) is 10.0 Å². The molecule has 2 aromatic rings. The van der Waals surface area contributed by atoms with Gasteiger partial charge in [0, 0.05) is 17.1 Å². The molecular weight excluding hydrogens is 382 g/mol. The quantitative estimate of drug-likeness (QED) is 0.792. The van der Waals surface area contributed by atoms with Gasteiger partial charge in [-0.15, -0.1) is 0 Å². The van der Waals surface area contributed by atoms with Gasteiger partial charge in [0.05, 0.1) is 10.6 Å². The van der Waals surface area contributed by atoms with Gasteiger partial charge in [0.1, 0.15) is 13.2 Å². The van der Waals surface area contributed by atoms with Crippen molar-refractivity contribution < 1.29 is 17.9 Å². The van der Waals surface area contributed by atoms with Crippen molar-refractivity contribution in [1.29, 1.82) is 0 Å². The van der Waals surface area contributed by atoms with Crippen molar-refractivity contribution in [3.05, 3.63) is 46.9 Å². The SMILES string of the molecule is CCN(c1cccc(Br)c1)S(=O)(=O)c1ccc2c(c1)OCCO2. The van der Waals surface area contributed by atoms with E-state index in [1.165, 1.54) is 10.4 Å². The molecule has 0 unspecified atom stereocenters. The zero-order chi connectivity index (χ0) is 16.4. The number of hydrogen-bond donors (Lipinski definition) is 0. The van der Waals surface area contributed by atoms with Gasteiger partial charge in [0.15, 0.2) is 11.5 Å². The molecule has 0 radical (unpaired) electrons. The second kappa shape index (κ2) is 6.41. The Bertz CT molecular complexity index is 823. The lowest BCUT2D eigenvalue weighted by Crippen LogP contribution is -2.31. The summed E-state index contributed by atoms with van der Waals surface area (Å²) in [6.45, 7) is 3.02. The first-order valence-electron chi connectivity index (χ1n) is 7.20. The molecule has 1 aliphatic rings. The first-order valence-corrected chi connectivity index (χ1v) is 9.43. The molecule has 0 saturated heterocycles. The molecule has 0 bridgehead atoms. The average Bonchev–Trinajstić information content (AvgIpc) is 2.55. The van der Waals surface area contributed by atoms with Crippen molar-refractivity contribution >= 4 is 31.6 Å². The number of benzene rings is 2. The predicted molar refractivity (Wildman–Crippen MR) is 91.8 cm³/mol. The molecule has 2 aromatic carbocycles. The van der Waals surface area contributed by atoms with Gasteiger partial charge in [-0.25, -0.2) is 8.42 Å². The number of nitrogens with zero attached hydrogens (tertiary/aromatic N) is 1. The van der Waals surface area contributed by atoms with Crippen LogP contribution in [0.5, 0.6) is 11.5 Å². The van der Waals surface area contributed by atoms with E-state index >= 15 is 0 Å². The lowest BCUT2D eigenvalue weighted by molar-refractivity contribution is 0.171. The number of halogens is 1. The fourth-order valence-electron chi connectivity index (χ4n) is 2.43. The van der Waals surface area contributed by atoms with Crippen LogP contribution in [0.2, 0.25) is 0 Å². The van der Waals surface area contributed by atoms with E-state index in [1.54, 1.807) is 37.3 Å². The zero-order valence-electron chi connectivity index (χ0n) is 12.5.